The summed E-state index contributed by atoms with van der Waals surface area (Å²) in [5.74, 6) is 2.35. The Bertz CT molecular complexity index is 1490. The van der Waals surface area contributed by atoms with Crippen molar-refractivity contribution in [3.63, 3.8) is 0 Å². The van der Waals surface area contributed by atoms with Crippen molar-refractivity contribution in [3.8, 4) is 39.8 Å². The van der Waals surface area contributed by atoms with Crippen LogP contribution in [0.3, 0.4) is 0 Å². The molecule has 6 rings (SSSR count). The number of fused-ring (bicyclic) bond motifs is 4. The first-order valence-electron chi connectivity index (χ1n) is 11.4. The third-order valence-corrected chi connectivity index (χ3v) is 6.56. The second kappa shape index (κ2) is 8.06. The number of aromatic nitrogens is 3. The first kappa shape index (κ1) is 20.5. The largest absolute Gasteiger partial charge is 0.497 e. The Morgan fingerprint density at radius 1 is 0.853 bits per heavy atom. The van der Waals surface area contributed by atoms with Gasteiger partial charge in [0.1, 0.15) is 30.4 Å². The lowest BCUT2D eigenvalue weighted by atomic mass is 9.98. The van der Waals surface area contributed by atoms with Gasteiger partial charge >= 0.3 is 0 Å². The van der Waals surface area contributed by atoms with Crippen LogP contribution in [0.2, 0.25) is 0 Å². The van der Waals surface area contributed by atoms with Crippen LogP contribution >= 0.6 is 0 Å². The molecule has 0 bridgehead atoms. The molecule has 3 aromatic carbocycles. The summed E-state index contributed by atoms with van der Waals surface area (Å²) in [7, 11) is 1.68. The first-order valence-corrected chi connectivity index (χ1v) is 11.4. The summed E-state index contributed by atoms with van der Waals surface area (Å²) >= 11 is 0. The van der Waals surface area contributed by atoms with Gasteiger partial charge in [-0.15, -0.1) is 10.2 Å². The molecule has 0 fully saturated rings. The van der Waals surface area contributed by atoms with Crippen molar-refractivity contribution in [2.45, 2.75) is 20.4 Å². The zero-order chi connectivity index (χ0) is 23.2. The van der Waals surface area contributed by atoms with Crippen molar-refractivity contribution in [1.82, 2.24) is 14.8 Å². The summed E-state index contributed by atoms with van der Waals surface area (Å²) in [5, 5.41) is 10.2. The van der Waals surface area contributed by atoms with Crippen LogP contribution < -0.4 is 14.2 Å². The standard InChI is InChI=1S/C28H25N3O3/c1-17-4-7-20(12-18(17)2)27-23-16-31(15-19-5-8-21(32-3)9-6-19)24-14-26-25(33-10-11-34-26)13-22(24)28(23)30-29-27/h4-9,12-14,16H,10-11,15H2,1-3H3. The van der Waals surface area contributed by atoms with Gasteiger partial charge in [-0.2, -0.15) is 0 Å². The minimum atomic E-state index is 0.543. The molecule has 0 unspecified atom stereocenters. The summed E-state index contributed by atoms with van der Waals surface area (Å²) in [6, 6.07) is 18.7. The summed E-state index contributed by atoms with van der Waals surface area (Å²) in [6.45, 7) is 6.02. The molecule has 0 N–H and O–H groups in total. The Labute approximate surface area is 198 Å². The normalized spacial score (nSPS) is 12.9. The van der Waals surface area contributed by atoms with E-state index in [0.717, 1.165) is 50.7 Å². The Morgan fingerprint density at radius 3 is 2.32 bits per heavy atom. The molecule has 0 spiro atoms. The Balaban J connectivity index is 1.56. The van der Waals surface area contributed by atoms with Crippen LogP contribution in [0.4, 0.5) is 0 Å². The van der Waals surface area contributed by atoms with E-state index in [-0.39, 0.29) is 0 Å². The van der Waals surface area contributed by atoms with Crippen molar-refractivity contribution in [2.75, 3.05) is 20.3 Å². The van der Waals surface area contributed by atoms with E-state index in [1.165, 1.54) is 16.7 Å². The van der Waals surface area contributed by atoms with E-state index >= 15 is 0 Å². The highest BCUT2D eigenvalue weighted by Gasteiger charge is 2.23. The maximum absolute atomic E-state index is 5.89. The number of nitrogens with zero attached hydrogens (tertiary/aromatic N) is 3. The van der Waals surface area contributed by atoms with Gasteiger partial charge in [0.05, 0.1) is 12.6 Å². The van der Waals surface area contributed by atoms with Crippen LogP contribution in [0.5, 0.6) is 17.2 Å². The monoisotopic (exact) mass is 451 g/mol. The van der Waals surface area contributed by atoms with Gasteiger partial charge in [-0.05, 0) is 54.8 Å². The Morgan fingerprint density at radius 2 is 1.59 bits per heavy atom. The van der Waals surface area contributed by atoms with E-state index in [0.29, 0.717) is 19.8 Å². The second-order valence-corrected chi connectivity index (χ2v) is 8.73. The molecule has 0 radical (unpaired) electrons. The molecule has 0 aromatic heterocycles. The van der Waals surface area contributed by atoms with Crippen LogP contribution in [0.25, 0.3) is 33.4 Å². The minimum Gasteiger partial charge on any atom is -0.497 e. The van der Waals surface area contributed by atoms with Crippen LogP contribution in [0, 0.1) is 13.8 Å². The van der Waals surface area contributed by atoms with Crippen molar-refractivity contribution in [1.29, 1.82) is 0 Å². The molecule has 6 nitrogen and oxygen atoms in total. The lowest BCUT2D eigenvalue weighted by Crippen LogP contribution is -2.15. The molecule has 0 aliphatic carbocycles. The molecular weight excluding hydrogens is 426 g/mol. The maximum Gasteiger partial charge on any atom is 0.163 e. The molecular formula is C28H25N3O3. The molecule has 0 saturated heterocycles. The molecule has 6 heteroatoms. The number of ether oxygens (including phenoxy) is 3. The van der Waals surface area contributed by atoms with Gasteiger partial charge in [-0.3, -0.25) is 0 Å². The number of rotatable bonds is 4. The zero-order valence-corrected chi connectivity index (χ0v) is 19.5. The van der Waals surface area contributed by atoms with Gasteiger partial charge in [0.25, 0.3) is 0 Å². The molecule has 3 aliphatic heterocycles. The van der Waals surface area contributed by atoms with Crippen LogP contribution in [0.1, 0.15) is 16.7 Å². The summed E-state index contributed by atoms with van der Waals surface area (Å²) in [6.07, 6.45) is 2.16. The minimum absolute atomic E-state index is 0.543. The SMILES string of the molecule is COc1ccc(Cn2cc3c(-c4ccc(C)c(C)c4)nnc-3c3cc4c(cc32)OCCO4)cc1. The van der Waals surface area contributed by atoms with Crippen LogP contribution in [0.15, 0.2) is 60.8 Å². The highest BCUT2D eigenvalue weighted by molar-refractivity contribution is 5.99. The zero-order valence-electron chi connectivity index (χ0n) is 19.5. The van der Waals surface area contributed by atoms with Crippen molar-refractivity contribution in [2.24, 2.45) is 0 Å². The van der Waals surface area contributed by atoms with Gasteiger partial charge < -0.3 is 18.8 Å². The van der Waals surface area contributed by atoms with Gasteiger partial charge in [-0.25, -0.2) is 0 Å². The number of hydrogen-bond acceptors (Lipinski definition) is 5. The van der Waals surface area contributed by atoms with E-state index in [9.17, 15) is 0 Å². The highest BCUT2D eigenvalue weighted by Crippen LogP contribution is 2.42. The second-order valence-electron chi connectivity index (χ2n) is 8.73. The highest BCUT2D eigenvalue weighted by atomic mass is 16.6. The molecule has 0 saturated carbocycles. The average Bonchev–Trinajstić information content (AvgIpc) is 3.29. The van der Waals surface area contributed by atoms with Gasteiger partial charge in [0, 0.05) is 35.3 Å². The van der Waals surface area contributed by atoms with E-state index < -0.39 is 0 Å². The molecule has 34 heavy (non-hydrogen) atoms. The lowest BCUT2D eigenvalue weighted by Gasteiger charge is -2.21. The van der Waals surface area contributed by atoms with E-state index in [1.807, 2.05) is 18.2 Å². The number of methoxy groups -OCH3 is 1. The van der Waals surface area contributed by atoms with E-state index in [4.69, 9.17) is 14.2 Å². The summed E-state index contributed by atoms with van der Waals surface area (Å²) in [5.41, 5.74) is 8.53. The fourth-order valence-corrected chi connectivity index (χ4v) is 4.53. The summed E-state index contributed by atoms with van der Waals surface area (Å²) in [4.78, 5) is 0. The maximum atomic E-state index is 5.89. The topological polar surface area (TPSA) is 58.4 Å². The predicted molar refractivity (Wildman–Crippen MR) is 132 cm³/mol. The number of hydrogen-bond donors (Lipinski definition) is 0. The van der Waals surface area contributed by atoms with Crippen LogP contribution in [-0.2, 0) is 6.54 Å². The van der Waals surface area contributed by atoms with Gasteiger partial charge in [-0.1, -0.05) is 24.3 Å². The first-order chi connectivity index (χ1) is 16.6. The smallest absolute Gasteiger partial charge is 0.163 e. The molecule has 0 atom stereocenters. The van der Waals surface area contributed by atoms with Gasteiger partial charge in [0.15, 0.2) is 11.5 Å². The fourth-order valence-electron chi connectivity index (χ4n) is 4.53. The quantitative estimate of drug-likeness (QED) is 0.354. The lowest BCUT2D eigenvalue weighted by molar-refractivity contribution is 0.172. The average molecular weight is 452 g/mol. The fraction of sp³-hybridized carbons (Fsp3) is 0.214. The molecule has 170 valence electrons. The number of pyridine rings is 1. The van der Waals surface area contributed by atoms with Crippen molar-refractivity contribution < 1.29 is 14.2 Å². The molecule has 3 aliphatic rings. The molecule has 0 amide bonds. The van der Waals surface area contributed by atoms with E-state index in [2.05, 4.69) is 71.2 Å². The van der Waals surface area contributed by atoms with Crippen molar-refractivity contribution >= 4 is 10.9 Å². The summed E-state index contributed by atoms with van der Waals surface area (Å²) < 4.78 is 19.3. The van der Waals surface area contributed by atoms with Crippen LogP contribution in [-0.4, -0.2) is 35.1 Å². The number of benzene rings is 3. The Hall–Kier alpha value is -4.06. The number of aryl methyl sites for hydroxylation is 2. The Kier molecular flexibility index (Phi) is 4.87. The third-order valence-electron chi connectivity index (χ3n) is 6.56. The molecule has 3 aromatic rings. The van der Waals surface area contributed by atoms with E-state index in [1.54, 1.807) is 7.11 Å². The van der Waals surface area contributed by atoms with Gasteiger partial charge in [0.2, 0.25) is 0 Å². The van der Waals surface area contributed by atoms with Crippen molar-refractivity contribution in [3.05, 3.63) is 77.5 Å². The molecule has 3 heterocycles. The predicted octanol–water partition coefficient (Wildman–Crippen LogP) is 5.65. The third kappa shape index (κ3) is 3.43.